The highest BCUT2D eigenvalue weighted by molar-refractivity contribution is 5.85. The van der Waals surface area contributed by atoms with Crippen LogP contribution in [0.2, 0.25) is 0 Å². The van der Waals surface area contributed by atoms with Crippen LogP contribution in [0.1, 0.15) is 33.1 Å². The van der Waals surface area contributed by atoms with Crippen LogP contribution in [0.15, 0.2) is 12.7 Å². The van der Waals surface area contributed by atoms with Crippen molar-refractivity contribution in [2.75, 3.05) is 19.8 Å². The molecule has 1 amide bonds. The Bertz CT molecular complexity index is 213. The zero-order valence-corrected chi connectivity index (χ0v) is 10.4. The smallest absolute Gasteiger partial charge is 0.240 e. The predicted octanol–water partition coefficient (Wildman–Crippen LogP) is 1.21. The van der Waals surface area contributed by atoms with E-state index < -0.39 is 5.54 Å². The van der Waals surface area contributed by atoms with Gasteiger partial charge in [-0.25, -0.2) is 0 Å². The van der Waals surface area contributed by atoms with E-state index in [9.17, 15) is 4.79 Å². The number of carbonyl (C=O) groups is 1. The summed E-state index contributed by atoms with van der Waals surface area (Å²) in [4.78, 5) is 11.7. The van der Waals surface area contributed by atoms with E-state index in [2.05, 4.69) is 11.9 Å². The van der Waals surface area contributed by atoms with E-state index in [4.69, 9.17) is 10.5 Å². The number of nitrogens with one attached hydrogen (secondary N) is 1. The minimum atomic E-state index is -0.735. The van der Waals surface area contributed by atoms with Gasteiger partial charge in [-0.1, -0.05) is 19.9 Å². The van der Waals surface area contributed by atoms with Crippen LogP contribution < -0.4 is 11.1 Å². The third kappa shape index (κ3) is 5.28. The van der Waals surface area contributed by atoms with Crippen LogP contribution in [-0.4, -0.2) is 31.2 Å². The van der Waals surface area contributed by atoms with Crippen molar-refractivity contribution in [3.8, 4) is 0 Å². The molecule has 3 N–H and O–H groups in total. The molecule has 4 heteroatoms. The fourth-order valence-corrected chi connectivity index (χ4v) is 1.25. The Hall–Kier alpha value is -0.870. The average Bonchev–Trinajstić information content (AvgIpc) is 2.32. The van der Waals surface area contributed by atoms with Gasteiger partial charge in [0.05, 0.1) is 18.8 Å². The van der Waals surface area contributed by atoms with E-state index >= 15 is 0 Å². The summed E-state index contributed by atoms with van der Waals surface area (Å²) >= 11 is 0. The van der Waals surface area contributed by atoms with Crippen molar-refractivity contribution < 1.29 is 9.53 Å². The van der Waals surface area contributed by atoms with Gasteiger partial charge in [0.1, 0.15) is 0 Å². The van der Waals surface area contributed by atoms with Crippen molar-refractivity contribution in [3.05, 3.63) is 12.7 Å². The highest BCUT2D eigenvalue weighted by Crippen LogP contribution is 2.10. The predicted molar refractivity (Wildman–Crippen MR) is 66.1 cm³/mol. The SMILES string of the molecule is C=CCCOCCNC(=O)C(N)(CC)CC. The summed E-state index contributed by atoms with van der Waals surface area (Å²) in [5.74, 6) is -0.0928. The average molecular weight is 228 g/mol. The second-order valence-electron chi connectivity index (χ2n) is 3.81. The van der Waals surface area contributed by atoms with E-state index in [0.29, 0.717) is 32.6 Å². The minimum Gasteiger partial charge on any atom is -0.379 e. The standard InChI is InChI=1S/C12H24N2O2/c1-4-7-9-16-10-8-14-11(15)12(13,5-2)6-3/h4H,1,5-10,13H2,2-3H3,(H,14,15). The Labute approximate surface area is 98.2 Å². The summed E-state index contributed by atoms with van der Waals surface area (Å²) < 4.78 is 5.28. The first kappa shape index (κ1) is 15.1. The number of ether oxygens (including phenoxy) is 1. The summed E-state index contributed by atoms with van der Waals surface area (Å²) in [5, 5.41) is 2.79. The molecule has 0 aliphatic carbocycles. The van der Waals surface area contributed by atoms with Gasteiger partial charge in [0.15, 0.2) is 0 Å². The van der Waals surface area contributed by atoms with E-state index in [-0.39, 0.29) is 5.91 Å². The van der Waals surface area contributed by atoms with Crippen LogP contribution in [0.25, 0.3) is 0 Å². The summed E-state index contributed by atoms with van der Waals surface area (Å²) in [6, 6.07) is 0. The van der Waals surface area contributed by atoms with Gasteiger partial charge in [-0.05, 0) is 19.3 Å². The monoisotopic (exact) mass is 228 g/mol. The Balaban J connectivity index is 3.68. The van der Waals surface area contributed by atoms with Crippen molar-refractivity contribution in [1.82, 2.24) is 5.32 Å². The van der Waals surface area contributed by atoms with E-state index in [1.54, 1.807) is 6.08 Å². The normalized spacial score (nSPS) is 11.2. The molecule has 16 heavy (non-hydrogen) atoms. The maximum absolute atomic E-state index is 11.7. The molecule has 0 aliphatic heterocycles. The third-order valence-corrected chi connectivity index (χ3v) is 2.71. The van der Waals surface area contributed by atoms with Crippen LogP contribution in [-0.2, 0) is 9.53 Å². The lowest BCUT2D eigenvalue weighted by molar-refractivity contribution is -0.126. The molecular weight excluding hydrogens is 204 g/mol. The van der Waals surface area contributed by atoms with Gasteiger partial charge in [0.2, 0.25) is 5.91 Å². The van der Waals surface area contributed by atoms with E-state index in [1.165, 1.54) is 0 Å². The Morgan fingerprint density at radius 2 is 2.06 bits per heavy atom. The van der Waals surface area contributed by atoms with Crippen LogP contribution in [0.3, 0.4) is 0 Å². The maximum atomic E-state index is 11.7. The Kier molecular flexibility index (Phi) is 7.85. The fourth-order valence-electron chi connectivity index (χ4n) is 1.25. The summed E-state index contributed by atoms with van der Waals surface area (Å²) in [7, 11) is 0. The van der Waals surface area contributed by atoms with Gasteiger partial charge in [0.25, 0.3) is 0 Å². The summed E-state index contributed by atoms with van der Waals surface area (Å²) in [5.41, 5.74) is 5.20. The molecule has 0 saturated carbocycles. The molecule has 94 valence electrons. The molecule has 0 rings (SSSR count). The maximum Gasteiger partial charge on any atom is 0.240 e. The lowest BCUT2D eigenvalue weighted by atomic mass is 9.93. The molecular formula is C12H24N2O2. The highest BCUT2D eigenvalue weighted by Gasteiger charge is 2.29. The fraction of sp³-hybridized carbons (Fsp3) is 0.750. The lowest BCUT2D eigenvalue weighted by Gasteiger charge is -2.25. The van der Waals surface area contributed by atoms with Crippen molar-refractivity contribution in [1.29, 1.82) is 0 Å². The van der Waals surface area contributed by atoms with Crippen LogP contribution in [0, 0.1) is 0 Å². The lowest BCUT2D eigenvalue weighted by Crippen LogP contribution is -2.53. The zero-order valence-electron chi connectivity index (χ0n) is 10.4. The van der Waals surface area contributed by atoms with Crippen molar-refractivity contribution in [2.24, 2.45) is 5.73 Å². The Morgan fingerprint density at radius 1 is 1.44 bits per heavy atom. The van der Waals surface area contributed by atoms with Crippen molar-refractivity contribution in [2.45, 2.75) is 38.6 Å². The van der Waals surface area contributed by atoms with Crippen molar-refractivity contribution >= 4 is 5.91 Å². The van der Waals surface area contributed by atoms with E-state index in [1.807, 2.05) is 13.8 Å². The first-order valence-electron chi connectivity index (χ1n) is 5.86. The molecule has 0 unspecified atom stereocenters. The molecule has 0 aromatic carbocycles. The molecule has 0 aromatic heterocycles. The molecule has 0 bridgehead atoms. The second-order valence-corrected chi connectivity index (χ2v) is 3.81. The van der Waals surface area contributed by atoms with Gasteiger partial charge in [-0.2, -0.15) is 0 Å². The van der Waals surface area contributed by atoms with Gasteiger partial charge in [-0.3, -0.25) is 4.79 Å². The topological polar surface area (TPSA) is 64.3 Å². The molecule has 0 atom stereocenters. The number of hydrogen-bond acceptors (Lipinski definition) is 3. The Morgan fingerprint density at radius 3 is 2.56 bits per heavy atom. The van der Waals surface area contributed by atoms with Crippen LogP contribution in [0.4, 0.5) is 0 Å². The summed E-state index contributed by atoms with van der Waals surface area (Å²) in [6.07, 6.45) is 3.93. The molecule has 0 aliphatic rings. The zero-order chi connectivity index (χ0) is 12.4. The third-order valence-electron chi connectivity index (χ3n) is 2.71. The number of carbonyl (C=O) groups excluding carboxylic acids is 1. The largest absolute Gasteiger partial charge is 0.379 e. The number of nitrogens with two attached hydrogens (primary N) is 1. The first-order chi connectivity index (χ1) is 7.60. The number of rotatable bonds is 9. The quantitative estimate of drug-likeness (QED) is 0.460. The summed E-state index contributed by atoms with van der Waals surface area (Å²) in [6.45, 7) is 9.11. The molecule has 0 aromatic rings. The molecule has 0 radical (unpaired) electrons. The number of amides is 1. The van der Waals surface area contributed by atoms with Crippen LogP contribution >= 0.6 is 0 Å². The van der Waals surface area contributed by atoms with Crippen LogP contribution in [0.5, 0.6) is 0 Å². The minimum absolute atomic E-state index is 0.0928. The molecule has 0 heterocycles. The molecule has 4 nitrogen and oxygen atoms in total. The second kappa shape index (κ2) is 8.30. The molecule has 0 spiro atoms. The van der Waals surface area contributed by atoms with Gasteiger partial charge >= 0.3 is 0 Å². The van der Waals surface area contributed by atoms with E-state index in [0.717, 1.165) is 6.42 Å². The highest BCUT2D eigenvalue weighted by atomic mass is 16.5. The first-order valence-corrected chi connectivity index (χ1v) is 5.86. The van der Waals surface area contributed by atoms with Gasteiger partial charge < -0.3 is 15.8 Å². The molecule has 0 fully saturated rings. The van der Waals surface area contributed by atoms with Crippen molar-refractivity contribution in [3.63, 3.8) is 0 Å². The molecule has 0 saturated heterocycles. The van der Waals surface area contributed by atoms with Gasteiger partial charge in [-0.15, -0.1) is 6.58 Å². The van der Waals surface area contributed by atoms with Gasteiger partial charge in [0, 0.05) is 6.54 Å². The number of hydrogen-bond donors (Lipinski definition) is 2.